The molecule has 0 rings (SSSR count). The second-order valence-corrected chi connectivity index (χ2v) is 17.2. The molecule has 0 saturated carbocycles. The monoisotopic (exact) mass is 323 g/mol. The largest absolute Gasteiger partial charge is 1.00 e. The third-order valence-corrected chi connectivity index (χ3v) is 4.50. The predicted octanol–water partition coefficient (Wildman–Crippen LogP) is -1.49. The van der Waals surface area contributed by atoms with Gasteiger partial charge in [0, 0.05) is 0 Å². The molecule has 0 radical (unpaired) electrons. The van der Waals surface area contributed by atoms with Crippen molar-refractivity contribution in [1.29, 1.82) is 0 Å². The summed E-state index contributed by atoms with van der Waals surface area (Å²) in [4.78, 5) is 0. The first-order chi connectivity index (χ1) is 8.31. The maximum absolute atomic E-state index is 11.1. The van der Waals surface area contributed by atoms with Gasteiger partial charge in [0.1, 0.15) is 16.1 Å². The van der Waals surface area contributed by atoms with E-state index in [2.05, 4.69) is 62.2 Å². The molecule has 0 atom stereocenters. The van der Waals surface area contributed by atoms with Gasteiger partial charge in [0.05, 0.1) is 13.1 Å². The van der Waals surface area contributed by atoms with E-state index >= 15 is 0 Å². The Kier molecular flexibility index (Phi) is 9.44. The van der Waals surface area contributed by atoms with Crippen molar-refractivity contribution >= 4 is 26.5 Å². The van der Waals surface area contributed by atoms with Crippen molar-refractivity contribution in [2.45, 2.75) is 39.3 Å². The smallest absolute Gasteiger partial charge is 0.735 e. The number of nitrogens with zero attached hydrogens (tertiary/aromatic N) is 1. The van der Waals surface area contributed by atoms with Gasteiger partial charge in [-0.2, -0.15) is 4.31 Å². The standard InChI is InChI=1S/C12H23NO3SSi2.Li/c1-18(2,3)11-7-9-13(17(14,15)16)10-8-12-19(4,5)6;/h9-10H2,1-6H3,(H,14,15,16);/q;+1/p-1. The summed E-state index contributed by atoms with van der Waals surface area (Å²) in [6.45, 7) is 12.2. The van der Waals surface area contributed by atoms with Crippen molar-refractivity contribution in [3.8, 4) is 22.9 Å². The molecule has 0 fully saturated rings. The molecule has 0 aliphatic heterocycles. The van der Waals surface area contributed by atoms with E-state index in [0.717, 1.165) is 4.31 Å². The first kappa shape index (κ1) is 22.3. The molecule has 108 valence electrons. The van der Waals surface area contributed by atoms with E-state index < -0.39 is 26.5 Å². The molecule has 0 aromatic rings. The average Bonchev–Trinajstić information content (AvgIpc) is 2.09. The summed E-state index contributed by atoms with van der Waals surface area (Å²) in [5.74, 6) is 5.56. The van der Waals surface area contributed by atoms with Gasteiger partial charge in [-0.1, -0.05) is 51.1 Å². The van der Waals surface area contributed by atoms with Gasteiger partial charge in [-0.25, -0.2) is 8.42 Å². The molecule has 0 amide bonds. The Morgan fingerprint density at radius 1 is 0.900 bits per heavy atom. The van der Waals surface area contributed by atoms with Crippen LogP contribution in [0, 0.1) is 22.9 Å². The summed E-state index contributed by atoms with van der Waals surface area (Å²) in [6.07, 6.45) is 0. The van der Waals surface area contributed by atoms with Crippen LogP contribution in [0.15, 0.2) is 0 Å². The Labute approximate surface area is 137 Å². The fourth-order valence-electron chi connectivity index (χ4n) is 1.000. The Morgan fingerprint density at radius 3 is 1.40 bits per heavy atom. The molecule has 4 nitrogen and oxygen atoms in total. The fourth-order valence-corrected chi connectivity index (χ4v) is 2.66. The van der Waals surface area contributed by atoms with E-state index in [1.807, 2.05) is 0 Å². The maximum atomic E-state index is 11.1. The van der Waals surface area contributed by atoms with Crippen LogP contribution in [0.4, 0.5) is 0 Å². The van der Waals surface area contributed by atoms with Crippen LogP contribution in [0.5, 0.6) is 0 Å². The van der Waals surface area contributed by atoms with Crippen molar-refractivity contribution in [3.63, 3.8) is 0 Å². The summed E-state index contributed by atoms with van der Waals surface area (Å²) in [5.41, 5.74) is 6.07. The summed E-state index contributed by atoms with van der Waals surface area (Å²) in [5, 5.41) is 0. The van der Waals surface area contributed by atoms with E-state index in [4.69, 9.17) is 0 Å². The van der Waals surface area contributed by atoms with Gasteiger partial charge >= 0.3 is 18.9 Å². The normalized spacial score (nSPS) is 11.8. The van der Waals surface area contributed by atoms with Crippen LogP contribution >= 0.6 is 0 Å². The van der Waals surface area contributed by atoms with Gasteiger partial charge in [0.25, 0.3) is 0 Å². The van der Waals surface area contributed by atoms with Crippen LogP contribution in [-0.2, 0) is 10.3 Å². The van der Waals surface area contributed by atoms with E-state index in [-0.39, 0.29) is 32.0 Å². The molecule has 0 N–H and O–H groups in total. The van der Waals surface area contributed by atoms with Gasteiger partial charge in [0.2, 0.25) is 0 Å². The molecule has 0 saturated heterocycles. The first-order valence-electron chi connectivity index (χ1n) is 6.02. The van der Waals surface area contributed by atoms with Crippen LogP contribution in [0.2, 0.25) is 39.3 Å². The van der Waals surface area contributed by atoms with Crippen LogP contribution in [0.1, 0.15) is 0 Å². The topological polar surface area (TPSA) is 60.4 Å². The quantitative estimate of drug-likeness (QED) is 0.361. The zero-order valence-electron chi connectivity index (χ0n) is 13.5. The first-order valence-corrected chi connectivity index (χ1v) is 14.4. The summed E-state index contributed by atoms with van der Waals surface area (Å²) >= 11 is 0. The average molecular weight is 323 g/mol. The van der Waals surface area contributed by atoms with Gasteiger partial charge < -0.3 is 4.55 Å². The summed E-state index contributed by atoms with van der Waals surface area (Å²) in [7, 11) is -7.61. The van der Waals surface area contributed by atoms with E-state index in [0.29, 0.717) is 0 Å². The molecule has 0 aliphatic carbocycles. The van der Waals surface area contributed by atoms with E-state index in [9.17, 15) is 13.0 Å². The molecule has 20 heavy (non-hydrogen) atoms. The zero-order valence-corrected chi connectivity index (χ0v) is 16.3. The minimum atomic E-state index is -4.49. The summed E-state index contributed by atoms with van der Waals surface area (Å²) in [6, 6.07) is 0. The number of hydrogen-bond donors (Lipinski definition) is 0. The molecule has 0 spiro atoms. The van der Waals surface area contributed by atoms with Crippen LogP contribution in [0.25, 0.3) is 0 Å². The van der Waals surface area contributed by atoms with Gasteiger partial charge in [-0.3, -0.25) is 0 Å². The van der Waals surface area contributed by atoms with Crippen LogP contribution in [0.3, 0.4) is 0 Å². The second kappa shape index (κ2) is 8.46. The van der Waals surface area contributed by atoms with Gasteiger partial charge in [0.15, 0.2) is 10.3 Å². The molecular formula is C12H22LiNO3SSi2. The predicted molar refractivity (Wildman–Crippen MR) is 83.5 cm³/mol. The Hall–Kier alpha value is 0.0212. The molecule has 8 heteroatoms. The van der Waals surface area contributed by atoms with Crippen molar-refractivity contribution < 1.29 is 31.8 Å². The summed E-state index contributed by atoms with van der Waals surface area (Å²) < 4.78 is 34.1. The van der Waals surface area contributed by atoms with Crippen LogP contribution in [-0.4, -0.2) is 46.5 Å². The van der Waals surface area contributed by atoms with Crippen molar-refractivity contribution in [1.82, 2.24) is 4.31 Å². The van der Waals surface area contributed by atoms with Gasteiger partial charge in [-0.05, 0) is 0 Å². The maximum Gasteiger partial charge on any atom is 1.00 e. The number of rotatable bonds is 3. The third kappa shape index (κ3) is 13.0. The minimum Gasteiger partial charge on any atom is -0.735 e. The molecule has 0 unspecified atom stereocenters. The van der Waals surface area contributed by atoms with Crippen molar-refractivity contribution in [2.75, 3.05) is 13.1 Å². The van der Waals surface area contributed by atoms with Gasteiger partial charge in [-0.15, -0.1) is 11.1 Å². The Balaban J connectivity index is 0. The van der Waals surface area contributed by atoms with E-state index in [1.54, 1.807) is 0 Å². The molecule has 0 aromatic carbocycles. The van der Waals surface area contributed by atoms with Crippen LogP contribution < -0.4 is 18.9 Å². The molecule has 0 aliphatic rings. The SMILES string of the molecule is C[Si](C)(C)C#CCN(CC#C[Si](C)(C)C)S(=O)(=O)[O-].[Li+]. The molecule has 0 heterocycles. The fraction of sp³-hybridized carbons (Fsp3) is 0.667. The van der Waals surface area contributed by atoms with Crippen molar-refractivity contribution in [3.05, 3.63) is 0 Å². The third-order valence-electron chi connectivity index (χ3n) is 1.75. The second-order valence-electron chi connectivity index (χ2n) is 6.33. The minimum absolute atomic E-state index is 0. The Morgan fingerprint density at radius 2 is 1.20 bits per heavy atom. The number of hydrogen-bond acceptors (Lipinski definition) is 3. The Bertz CT molecular complexity index is 494. The molecule has 0 bridgehead atoms. The van der Waals surface area contributed by atoms with E-state index in [1.165, 1.54) is 0 Å². The molecular weight excluding hydrogens is 301 g/mol. The van der Waals surface area contributed by atoms with Crippen molar-refractivity contribution in [2.24, 2.45) is 0 Å². The molecule has 0 aromatic heterocycles. The zero-order chi connectivity index (χ0) is 15.3.